The number of rotatable bonds is 3. The van der Waals surface area contributed by atoms with Crippen LogP contribution in [0.5, 0.6) is 5.75 Å². The van der Waals surface area contributed by atoms with Crippen molar-refractivity contribution in [2.24, 2.45) is 0 Å². The van der Waals surface area contributed by atoms with Crippen LogP contribution in [0.4, 0.5) is 0 Å². The Balaban J connectivity index is 3.41. The van der Waals surface area contributed by atoms with Crippen LogP contribution in [0.25, 0.3) is 0 Å². The molecule has 0 unspecified atom stereocenters. The van der Waals surface area contributed by atoms with Gasteiger partial charge in [-0.2, -0.15) is 0 Å². The maximum atomic E-state index is 11.4. The van der Waals surface area contributed by atoms with Gasteiger partial charge in [0.25, 0.3) is 0 Å². The number of benzene rings is 1. The van der Waals surface area contributed by atoms with Crippen molar-refractivity contribution in [3.05, 3.63) is 28.8 Å². The minimum atomic E-state index is -0.542. The van der Waals surface area contributed by atoms with Crippen molar-refractivity contribution < 1.29 is 19.1 Å². The zero-order chi connectivity index (χ0) is 11.4. The lowest BCUT2D eigenvalue weighted by Crippen LogP contribution is -2.07. The molecule has 0 aliphatic heterocycles. The molecule has 0 amide bonds. The van der Waals surface area contributed by atoms with Gasteiger partial charge in [-0.1, -0.05) is 0 Å². The van der Waals surface area contributed by atoms with E-state index in [2.05, 4.69) is 4.74 Å². The standard InChI is InChI=1S/C11H12O4/c1-7-4-8(11(13)15-3)9(6-12)10(5-7)14-2/h4-6H,1-3H3. The van der Waals surface area contributed by atoms with E-state index in [4.69, 9.17) is 4.74 Å². The molecule has 0 fully saturated rings. The third kappa shape index (κ3) is 2.15. The molecule has 0 heterocycles. The van der Waals surface area contributed by atoms with Gasteiger partial charge in [0.1, 0.15) is 5.75 Å². The molecule has 0 aromatic heterocycles. The third-order valence-corrected chi connectivity index (χ3v) is 2.03. The largest absolute Gasteiger partial charge is 0.496 e. The molecule has 1 aromatic carbocycles. The normalized spacial score (nSPS) is 9.53. The van der Waals surface area contributed by atoms with E-state index in [1.807, 2.05) is 6.92 Å². The van der Waals surface area contributed by atoms with Gasteiger partial charge in [0.2, 0.25) is 0 Å². The maximum Gasteiger partial charge on any atom is 0.338 e. The molecule has 0 aliphatic carbocycles. The lowest BCUT2D eigenvalue weighted by Gasteiger charge is -2.09. The highest BCUT2D eigenvalue weighted by molar-refractivity contribution is 6.00. The van der Waals surface area contributed by atoms with E-state index < -0.39 is 5.97 Å². The molecule has 4 heteroatoms. The van der Waals surface area contributed by atoms with Gasteiger partial charge in [-0.05, 0) is 24.6 Å². The van der Waals surface area contributed by atoms with Crippen LogP contribution in [0.15, 0.2) is 12.1 Å². The Hall–Kier alpha value is -1.84. The summed E-state index contributed by atoms with van der Waals surface area (Å²) < 4.78 is 9.59. The first-order valence-corrected chi connectivity index (χ1v) is 4.36. The second-order valence-corrected chi connectivity index (χ2v) is 3.04. The zero-order valence-electron chi connectivity index (χ0n) is 8.87. The molecule has 0 bridgehead atoms. The average Bonchev–Trinajstić information content (AvgIpc) is 2.26. The first-order chi connectivity index (χ1) is 7.13. The molecule has 0 saturated carbocycles. The molecule has 0 aliphatic rings. The molecule has 1 aromatic rings. The number of hydrogen-bond donors (Lipinski definition) is 0. The first kappa shape index (κ1) is 11.2. The molecule has 0 spiro atoms. The number of hydrogen-bond acceptors (Lipinski definition) is 4. The summed E-state index contributed by atoms with van der Waals surface area (Å²) in [5, 5.41) is 0. The summed E-state index contributed by atoms with van der Waals surface area (Å²) in [5.74, 6) is -0.162. The number of carbonyl (C=O) groups excluding carboxylic acids is 2. The van der Waals surface area contributed by atoms with Crippen LogP contribution >= 0.6 is 0 Å². The molecule has 0 atom stereocenters. The zero-order valence-corrected chi connectivity index (χ0v) is 8.87. The van der Waals surface area contributed by atoms with Crippen LogP contribution in [0.3, 0.4) is 0 Å². The van der Waals surface area contributed by atoms with Crippen molar-refractivity contribution >= 4 is 12.3 Å². The van der Waals surface area contributed by atoms with E-state index in [0.29, 0.717) is 12.0 Å². The second-order valence-electron chi connectivity index (χ2n) is 3.04. The van der Waals surface area contributed by atoms with Crippen LogP contribution in [-0.2, 0) is 4.74 Å². The Labute approximate surface area is 87.8 Å². The van der Waals surface area contributed by atoms with E-state index in [1.165, 1.54) is 14.2 Å². The van der Waals surface area contributed by atoms with Gasteiger partial charge in [-0.3, -0.25) is 4.79 Å². The van der Waals surface area contributed by atoms with Crippen molar-refractivity contribution in [1.29, 1.82) is 0 Å². The van der Waals surface area contributed by atoms with Crippen LogP contribution in [0.2, 0.25) is 0 Å². The van der Waals surface area contributed by atoms with Gasteiger partial charge in [0, 0.05) is 0 Å². The smallest absolute Gasteiger partial charge is 0.338 e. The summed E-state index contributed by atoms with van der Waals surface area (Å²) in [7, 11) is 2.72. The summed E-state index contributed by atoms with van der Waals surface area (Å²) >= 11 is 0. The molecule has 80 valence electrons. The Bertz CT molecular complexity index is 396. The summed E-state index contributed by atoms with van der Waals surface area (Å²) in [5.41, 5.74) is 1.28. The van der Waals surface area contributed by atoms with E-state index in [0.717, 1.165) is 5.56 Å². The number of aryl methyl sites for hydroxylation is 1. The van der Waals surface area contributed by atoms with Gasteiger partial charge in [0.05, 0.1) is 25.3 Å². The number of esters is 1. The predicted octanol–water partition coefficient (Wildman–Crippen LogP) is 1.60. The number of ether oxygens (including phenoxy) is 2. The van der Waals surface area contributed by atoms with Crippen LogP contribution in [0.1, 0.15) is 26.3 Å². The van der Waals surface area contributed by atoms with Crippen LogP contribution in [0, 0.1) is 6.92 Å². The third-order valence-electron chi connectivity index (χ3n) is 2.03. The Morgan fingerprint density at radius 2 is 2.00 bits per heavy atom. The number of methoxy groups -OCH3 is 2. The van der Waals surface area contributed by atoms with Crippen LogP contribution < -0.4 is 4.74 Å². The summed E-state index contributed by atoms with van der Waals surface area (Å²) in [4.78, 5) is 22.2. The Kier molecular flexibility index (Phi) is 3.44. The summed E-state index contributed by atoms with van der Waals surface area (Å²) in [6, 6.07) is 3.29. The highest BCUT2D eigenvalue weighted by Gasteiger charge is 2.16. The maximum absolute atomic E-state index is 11.4. The minimum Gasteiger partial charge on any atom is -0.496 e. The fourth-order valence-corrected chi connectivity index (χ4v) is 1.33. The minimum absolute atomic E-state index is 0.218. The lowest BCUT2D eigenvalue weighted by atomic mass is 10.0. The van der Waals surface area contributed by atoms with E-state index in [-0.39, 0.29) is 11.1 Å². The molecule has 1 rings (SSSR count). The molecular formula is C11H12O4. The van der Waals surface area contributed by atoms with Crippen molar-refractivity contribution in [3.8, 4) is 5.75 Å². The highest BCUT2D eigenvalue weighted by atomic mass is 16.5. The van der Waals surface area contributed by atoms with Gasteiger partial charge >= 0.3 is 5.97 Å². The Morgan fingerprint density at radius 3 is 2.47 bits per heavy atom. The van der Waals surface area contributed by atoms with Crippen LogP contribution in [-0.4, -0.2) is 26.5 Å². The van der Waals surface area contributed by atoms with Gasteiger partial charge < -0.3 is 9.47 Å². The van der Waals surface area contributed by atoms with Gasteiger partial charge in [0.15, 0.2) is 6.29 Å². The van der Waals surface area contributed by atoms with E-state index >= 15 is 0 Å². The fraction of sp³-hybridized carbons (Fsp3) is 0.273. The van der Waals surface area contributed by atoms with E-state index in [9.17, 15) is 9.59 Å². The molecule has 0 saturated heterocycles. The molecular weight excluding hydrogens is 196 g/mol. The van der Waals surface area contributed by atoms with Crippen molar-refractivity contribution in [2.75, 3.05) is 14.2 Å². The number of aldehydes is 1. The average molecular weight is 208 g/mol. The molecule has 0 radical (unpaired) electrons. The van der Waals surface area contributed by atoms with Crippen molar-refractivity contribution in [1.82, 2.24) is 0 Å². The quantitative estimate of drug-likeness (QED) is 0.559. The first-order valence-electron chi connectivity index (χ1n) is 4.36. The predicted molar refractivity (Wildman–Crippen MR) is 54.5 cm³/mol. The lowest BCUT2D eigenvalue weighted by molar-refractivity contribution is 0.0597. The number of carbonyl (C=O) groups is 2. The second kappa shape index (κ2) is 4.59. The summed E-state index contributed by atoms with van der Waals surface area (Å²) in [6.07, 6.45) is 0.588. The van der Waals surface area contributed by atoms with Gasteiger partial charge in [-0.15, -0.1) is 0 Å². The monoisotopic (exact) mass is 208 g/mol. The SMILES string of the molecule is COC(=O)c1cc(C)cc(OC)c1C=O. The fourth-order valence-electron chi connectivity index (χ4n) is 1.33. The molecule has 0 N–H and O–H groups in total. The summed E-state index contributed by atoms with van der Waals surface area (Å²) in [6.45, 7) is 1.81. The van der Waals surface area contributed by atoms with Gasteiger partial charge in [-0.25, -0.2) is 4.79 Å². The molecule has 4 nitrogen and oxygen atoms in total. The molecule has 15 heavy (non-hydrogen) atoms. The van der Waals surface area contributed by atoms with E-state index in [1.54, 1.807) is 12.1 Å². The van der Waals surface area contributed by atoms with Crippen molar-refractivity contribution in [2.45, 2.75) is 6.92 Å². The highest BCUT2D eigenvalue weighted by Crippen LogP contribution is 2.23. The Morgan fingerprint density at radius 1 is 1.33 bits per heavy atom. The topological polar surface area (TPSA) is 52.6 Å². The van der Waals surface area contributed by atoms with Crippen molar-refractivity contribution in [3.63, 3.8) is 0 Å².